The molecule has 1 nitrogen and oxygen atoms in total. The molecule has 1 aromatic heterocycles. The van der Waals surface area contributed by atoms with Gasteiger partial charge in [-0.2, -0.15) is 0 Å². The fraction of sp³-hybridized carbons (Fsp3) is 0.250. The van der Waals surface area contributed by atoms with Crippen molar-refractivity contribution in [2.75, 3.05) is 6.61 Å². The number of thiophene rings is 1. The van der Waals surface area contributed by atoms with Crippen LogP contribution in [0.1, 0.15) is 18.7 Å². The molecule has 0 radical (unpaired) electrons. The van der Waals surface area contributed by atoms with Gasteiger partial charge < -0.3 is 5.11 Å². The van der Waals surface area contributed by atoms with Crippen LogP contribution in [0, 0.1) is 5.92 Å². The second-order valence-electron chi connectivity index (χ2n) is 4.74. The quantitative estimate of drug-likeness (QED) is 0.812. The van der Waals surface area contributed by atoms with Crippen molar-refractivity contribution in [3.8, 4) is 10.4 Å². The van der Waals surface area contributed by atoms with Crippen LogP contribution in [0.15, 0.2) is 46.4 Å². The number of hydrogen-bond donors (Lipinski definition) is 1. The van der Waals surface area contributed by atoms with Gasteiger partial charge in [-0.3, -0.25) is 0 Å². The van der Waals surface area contributed by atoms with Gasteiger partial charge >= 0.3 is 0 Å². The summed E-state index contributed by atoms with van der Waals surface area (Å²) in [5, 5.41) is 9.35. The van der Waals surface area contributed by atoms with Crippen LogP contribution in [0.4, 0.5) is 0 Å². The SMILES string of the molecule is CC(C)C(=Cc1ccc(-c2cccc(Br)c2)s1)CO. The number of halogens is 1. The molecule has 0 spiro atoms. The highest BCUT2D eigenvalue weighted by atomic mass is 79.9. The highest BCUT2D eigenvalue weighted by molar-refractivity contribution is 9.10. The van der Waals surface area contributed by atoms with Gasteiger partial charge in [-0.25, -0.2) is 0 Å². The van der Waals surface area contributed by atoms with Gasteiger partial charge in [0.2, 0.25) is 0 Å². The van der Waals surface area contributed by atoms with Gasteiger partial charge in [0.25, 0.3) is 0 Å². The Morgan fingerprint density at radius 2 is 2.11 bits per heavy atom. The van der Waals surface area contributed by atoms with E-state index in [1.54, 1.807) is 11.3 Å². The lowest BCUT2D eigenvalue weighted by atomic mass is 10.0. The van der Waals surface area contributed by atoms with Crippen molar-refractivity contribution < 1.29 is 5.11 Å². The Labute approximate surface area is 126 Å². The molecule has 1 N–H and O–H groups in total. The van der Waals surface area contributed by atoms with Crippen molar-refractivity contribution in [3.05, 3.63) is 51.3 Å². The van der Waals surface area contributed by atoms with Gasteiger partial charge in [0.15, 0.2) is 0 Å². The molecule has 0 atom stereocenters. The van der Waals surface area contributed by atoms with Crippen molar-refractivity contribution >= 4 is 33.3 Å². The van der Waals surface area contributed by atoms with Gasteiger partial charge in [0.05, 0.1) is 6.61 Å². The molecular formula is C16H17BrOS. The molecule has 0 saturated heterocycles. The van der Waals surface area contributed by atoms with Gasteiger partial charge in [-0.15, -0.1) is 11.3 Å². The zero-order valence-corrected chi connectivity index (χ0v) is 13.5. The monoisotopic (exact) mass is 336 g/mol. The average molecular weight is 337 g/mol. The van der Waals surface area contributed by atoms with Gasteiger partial charge in [0, 0.05) is 14.2 Å². The summed E-state index contributed by atoms with van der Waals surface area (Å²) in [5.74, 6) is 0.376. The molecule has 100 valence electrons. The van der Waals surface area contributed by atoms with Crippen LogP contribution in [-0.2, 0) is 0 Å². The molecular weight excluding hydrogens is 320 g/mol. The summed E-state index contributed by atoms with van der Waals surface area (Å²) in [6, 6.07) is 12.5. The predicted molar refractivity (Wildman–Crippen MR) is 87.4 cm³/mol. The van der Waals surface area contributed by atoms with Gasteiger partial charge in [-0.05, 0) is 47.4 Å². The fourth-order valence-corrected chi connectivity index (χ4v) is 3.19. The Morgan fingerprint density at radius 3 is 2.74 bits per heavy atom. The standard InChI is InChI=1S/C16H17BrOS/c1-11(2)13(10-18)9-15-6-7-16(19-15)12-4-3-5-14(17)8-12/h3-9,11,18H,10H2,1-2H3. The molecule has 0 aliphatic carbocycles. The maximum absolute atomic E-state index is 9.35. The molecule has 0 aliphatic rings. The molecule has 0 amide bonds. The van der Waals surface area contributed by atoms with Crippen LogP contribution in [-0.4, -0.2) is 11.7 Å². The van der Waals surface area contributed by atoms with Crippen LogP contribution in [0.3, 0.4) is 0 Å². The third-order valence-corrected chi connectivity index (χ3v) is 4.56. The van der Waals surface area contributed by atoms with Crippen LogP contribution >= 0.6 is 27.3 Å². The smallest absolute Gasteiger partial charge is 0.0647 e. The largest absolute Gasteiger partial charge is 0.392 e. The van der Waals surface area contributed by atoms with Crippen LogP contribution in [0.25, 0.3) is 16.5 Å². The zero-order valence-electron chi connectivity index (χ0n) is 11.1. The maximum atomic E-state index is 9.35. The molecule has 0 aliphatic heterocycles. The number of hydrogen-bond acceptors (Lipinski definition) is 2. The lowest BCUT2D eigenvalue weighted by molar-refractivity contribution is 0.320. The number of rotatable bonds is 4. The van der Waals surface area contributed by atoms with E-state index >= 15 is 0 Å². The second-order valence-corrected chi connectivity index (χ2v) is 6.78. The highest BCUT2D eigenvalue weighted by Gasteiger charge is 2.05. The third-order valence-electron chi connectivity index (χ3n) is 2.99. The summed E-state index contributed by atoms with van der Waals surface area (Å²) in [4.78, 5) is 2.43. The minimum atomic E-state index is 0.127. The molecule has 0 saturated carbocycles. The summed E-state index contributed by atoms with van der Waals surface area (Å²) in [6.07, 6.45) is 2.09. The maximum Gasteiger partial charge on any atom is 0.0647 e. The molecule has 1 aromatic carbocycles. The first kappa shape index (κ1) is 14.5. The molecule has 19 heavy (non-hydrogen) atoms. The molecule has 0 unspecified atom stereocenters. The van der Waals surface area contributed by atoms with E-state index in [1.807, 2.05) is 12.1 Å². The van der Waals surface area contributed by atoms with E-state index in [-0.39, 0.29) is 6.61 Å². The van der Waals surface area contributed by atoms with Crippen molar-refractivity contribution in [1.82, 2.24) is 0 Å². The van der Waals surface area contributed by atoms with E-state index in [0.717, 1.165) is 10.0 Å². The van der Waals surface area contributed by atoms with E-state index in [9.17, 15) is 5.11 Å². The Balaban J connectivity index is 2.29. The van der Waals surface area contributed by atoms with Gasteiger partial charge in [0.1, 0.15) is 0 Å². The Morgan fingerprint density at radius 1 is 1.32 bits per heavy atom. The predicted octanol–water partition coefficient (Wildman–Crippen LogP) is 5.21. The minimum Gasteiger partial charge on any atom is -0.392 e. The summed E-state index contributed by atoms with van der Waals surface area (Å²) in [6.45, 7) is 4.33. The normalized spacial score (nSPS) is 12.2. The lowest BCUT2D eigenvalue weighted by Crippen LogP contribution is -1.98. The Bertz CT molecular complexity index is 584. The fourth-order valence-electron chi connectivity index (χ4n) is 1.80. The first-order chi connectivity index (χ1) is 9.10. The number of aliphatic hydroxyl groups excluding tert-OH is 1. The van der Waals surface area contributed by atoms with Crippen LogP contribution < -0.4 is 0 Å². The Hall–Kier alpha value is -0.900. The highest BCUT2D eigenvalue weighted by Crippen LogP contribution is 2.31. The van der Waals surface area contributed by atoms with Crippen LogP contribution in [0.2, 0.25) is 0 Å². The summed E-state index contributed by atoms with van der Waals surface area (Å²) in [5.41, 5.74) is 2.29. The van der Waals surface area contributed by atoms with E-state index in [1.165, 1.54) is 15.3 Å². The molecule has 0 bridgehead atoms. The van der Waals surface area contributed by atoms with Crippen molar-refractivity contribution in [2.45, 2.75) is 13.8 Å². The van der Waals surface area contributed by atoms with E-state index in [2.05, 4.69) is 60.1 Å². The molecule has 0 fully saturated rings. The first-order valence-electron chi connectivity index (χ1n) is 6.27. The Kier molecular flexibility index (Phi) is 4.97. The summed E-state index contributed by atoms with van der Waals surface area (Å²) >= 11 is 5.24. The topological polar surface area (TPSA) is 20.2 Å². The molecule has 2 aromatic rings. The second kappa shape index (κ2) is 6.51. The van der Waals surface area contributed by atoms with E-state index in [4.69, 9.17) is 0 Å². The summed E-state index contributed by atoms with van der Waals surface area (Å²) < 4.78 is 1.09. The minimum absolute atomic E-state index is 0.127. The van der Waals surface area contributed by atoms with Crippen molar-refractivity contribution in [1.29, 1.82) is 0 Å². The zero-order chi connectivity index (χ0) is 13.8. The first-order valence-corrected chi connectivity index (χ1v) is 7.88. The molecule has 1 heterocycles. The summed E-state index contributed by atoms with van der Waals surface area (Å²) in [7, 11) is 0. The molecule has 2 rings (SSSR count). The van der Waals surface area contributed by atoms with Gasteiger partial charge in [-0.1, -0.05) is 41.9 Å². The number of benzene rings is 1. The van der Waals surface area contributed by atoms with Crippen molar-refractivity contribution in [2.24, 2.45) is 5.92 Å². The third kappa shape index (κ3) is 3.78. The average Bonchev–Trinajstić information content (AvgIpc) is 2.84. The van der Waals surface area contributed by atoms with E-state index < -0.39 is 0 Å². The van der Waals surface area contributed by atoms with E-state index in [0.29, 0.717) is 5.92 Å². The molecule has 3 heteroatoms. The lowest BCUT2D eigenvalue weighted by Gasteiger charge is -2.06. The van der Waals surface area contributed by atoms with Crippen LogP contribution in [0.5, 0.6) is 0 Å². The van der Waals surface area contributed by atoms with Crippen molar-refractivity contribution in [3.63, 3.8) is 0 Å². The number of aliphatic hydroxyl groups is 1.